The van der Waals surface area contributed by atoms with Crippen molar-refractivity contribution in [2.45, 2.75) is 90.3 Å². The molecule has 6 nitrogen and oxygen atoms in total. The summed E-state index contributed by atoms with van der Waals surface area (Å²) in [6.07, 6.45) is -3.77. The van der Waals surface area contributed by atoms with E-state index in [0.717, 1.165) is 11.6 Å². The summed E-state index contributed by atoms with van der Waals surface area (Å²) >= 11 is 0. The zero-order chi connectivity index (χ0) is 29.8. The number of amides is 1. The fraction of sp³-hybridized carbons (Fsp3) is 0.567. The molecular formula is C30H39F4NO5. The van der Waals surface area contributed by atoms with Gasteiger partial charge in [-0.15, -0.1) is 0 Å². The summed E-state index contributed by atoms with van der Waals surface area (Å²) < 4.78 is 77.8. The van der Waals surface area contributed by atoms with Gasteiger partial charge in [-0.3, -0.25) is 0 Å². The normalized spacial score (nSPS) is 16.9. The fourth-order valence-electron chi connectivity index (χ4n) is 4.29. The van der Waals surface area contributed by atoms with Crippen molar-refractivity contribution in [2.75, 3.05) is 19.8 Å². The summed E-state index contributed by atoms with van der Waals surface area (Å²) in [4.78, 5) is 12.6. The van der Waals surface area contributed by atoms with Crippen LogP contribution in [-0.2, 0) is 33.2 Å². The summed E-state index contributed by atoms with van der Waals surface area (Å²) in [5, 5.41) is 2.83. The van der Waals surface area contributed by atoms with Gasteiger partial charge in [0.2, 0.25) is 0 Å². The number of ether oxygens (including phenoxy) is 4. The molecule has 3 rings (SSSR count). The maximum absolute atomic E-state index is 13.9. The predicted molar refractivity (Wildman–Crippen MR) is 143 cm³/mol. The third kappa shape index (κ3) is 9.37. The number of carbonyl (C=O) groups is 1. The molecule has 1 amide bonds. The lowest BCUT2D eigenvalue weighted by Crippen LogP contribution is -2.61. The number of aryl methyl sites for hydroxylation is 3. The zero-order valence-corrected chi connectivity index (χ0v) is 24.0. The average Bonchev–Trinajstić information content (AvgIpc) is 2.83. The summed E-state index contributed by atoms with van der Waals surface area (Å²) in [6.45, 7) is 10.7. The number of hydrogen-bond acceptors (Lipinski definition) is 5. The number of hydrogen-bond donors (Lipinski definition) is 1. The Hall–Kier alpha value is -2.85. The molecule has 2 aromatic carbocycles. The molecule has 0 atom stereocenters. The molecule has 2 aromatic rings. The van der Waals surface area contributed by atoms with Gasteiger partial charge in [-0.2, -0.15) is 13.2 Å². The van der Waals surface area contributed by atoms with Crippen LogP contribution in [0.5, 0.6) is 5.75 Å². The molecule has 222 valence electrons. The summed E-state index contributed by atoms with van der Waals surface area (Å²) in [5.41, 5.74) is -0.737. The lowest BCUT2D eigenvalue weighted by Gasteiger charge is -2.44. The fourth-order valence-corrected chi connectivity index (χ4v) is 4.29. The summed E-state index contributed by atoms with van der Waals surface area (Å²) in [7, 11) is 0. The third-order valence-electron chi connectivity index (χ3n) is 6.49. The minimum Gasteiger partial charge on any atom is -0.493 e. The molecule has 1 saturated heterocycles. The van der Waals surface area contributed by atoms with Gasteiger partial charge in [0.15, 0.2) is 5.79 Å². The van der Waals surface area contributed by atoms with E-state index in [1.807, 2.05) is 0 Å². The van der Waals surface area contributed by atoms with Gasteiger partial charge < -0.3 is 24.3 Å². The van der Waals surface area contributed by atoms with Crippen molar-refractivity contribution in [2.24, 2.45) is 0 Å². The Morgan fingerprint density at radius 3 is 2.23 bits per heavy atom. The molecule has 1 aliphatic heterocycles. The van der Waals surface area contributed by atoms with E-state index in [9.17, 15) is 22.4 Å². The van der Waals surface area contributed by atoms with E-state index in [1.165, 1.54) is 12.1 Å². The molecule has 0 radical (unpaired) electrons. The second-order valence-electron chi connectivity index (χ2n) is 11.7. The SMILES string of the molecule is Cc1cc(CCCOc2ccc(CCC3(NC(=O)OC(C)(C)C)COC(C)(C)OC3)cc2C(F)(F)F)ccc1F. The van der Waals surface area contributed by atoms with Crippen LogP contribution in [-0.4, -0.2) is 42.8 Å². The first-order chi connectivity index (χ1) is 18.5. The molecular weight excluding hydrogens is 530 g/mol. The summed E-state index contributed by atoms with van der Waals surface area (Å²) in [5.74, 6) is -1.40. The lowest BCUT2D eigenvalue weighted by atomic mass is 9.91. The molecule has 0 aliphatic carbocycles. The number of alkyl halides is 3. The standard InChI is InChI=1S/C30H39F4NO5/c1-20-16-21(9-11-24(20)31)8-7-15-37-25-12-10-22(17-23(25)30(32,33)34)13-14-29(18-38-28(5,6)39-19-29)35-26(36)40-27(2,3)4/h9-12,16-17H,7-8,13-15,18-19H2,1-6H3,(H,35,36). The Bertz CT molecular complexity index is 1160. The van der Waals surface area contributed by atoms with Crippen molar-refractivity contribution in [3.05, 3.63) is 64.5 Å². The van der Waals surface area contributed by atoms with Gasteiger partial charge in [-0.1, -0.05) is 18.2 Å². The highest BCUT2D eigenvalue weighted by molar-refractivity contribution is 5.69. The third-order valence-corrected chi connectivity index (χ3v) is 6.49. The van der Waals surface area contributed by atoms with Gasteiger partial charge in [0, 0.05) is 0 Å². The molecule has 0 spiro atoms. The molecule has 1 heterocycles. The van der Waals surface area contributed by atoms with Crippen LogP contribution < -0.4 is 10.1 Å². The van der Waals surface area contributed by atoms with Gasteiger partial charge in [0.1, 0.15) is 17.2 Å². The first kappa shape index (κ1) is 31.7. The molecule has 1 N–H and O–H groups in total. The number of rotatable bonds is 9. The van der Waals surface area contributed by atoms with E-state index in [2.05, 4.69) is 5.32 Å². The molecule has 0 saturated carbocycles. The van der Waals surface area contributed by atoms with Crippen LogP contribution in [0.15, 0.2) is 36.4 Å². The van der Waals surface area contributed by atoms with Gasteiger partial charge in [-0.05, 0) is 102 Å². The van der Waals surface area contributed by atoms with Crippen LogP contribution in [0.2, 0.25) is 0 Å². The molecule has 0 bridgehead atoms. The first-order valence-electron chi connectivity index (χ1n) is 13.3. The summed E-state index contributed by atoms with van der Waals surface area (Å²) in [6, 6.07) is 8.75. The maximum Gasteiger partial charge on any atom is 0.419 e. The van der Waals surface area contributed by atoms with E-state index in [0.29, 0.717) is 24.0 Å². The van der Waals surface area contributed by atoms with Crippen LogP contribution in [0.3, 0.4) is 0 Å². The van der Waals surface area contributed by atoms with Crippen molar-refractivity contribution in [1.29, 1.82) is 0 Å². The van der Waals surface area contributed by atoms with Crippen molar-refractivity contribution in [3.8, 4) is 5.75 Å². The van der Waals surface area contributed by atoms with Crippen molar-refractivity contribution in [3.63, 3.8) is 0 Å². The average molecular weight is 570 g/mol. The van der Waals surface area contributed by atoms with E-state index in [4.69, 9.17) is 18.9 Å². The minimum absolute atomic E-state index is 0.0756. The minimum atomic E-state index is -4.62. The Morgan fingerprint density at radius 1 is 1.00 bits per heavy atom. The highest BCUT2D eigenvalue weighted by Gasteiger charge is 2.42. The number of alkyl carbamates (subject to hydrolysis) is 1. The lowest BCUT2D eigenvalue weighted by molar-refractivity contribution is -0.271. The van der Waals surface area contributed by atoms with Crippen molar-refractivity contribution < 1.29 is 41.3 Å². The molecule has 40 heavy (non-hydrogen) atoms. The Kier molecular flexibility index (Phi) is 9.78. The van der Waals surface area contributed by atoms with E-state index >= 15 is 0 Å². The van der Waals surface area contributed by atoms with Crippen molar-refractivity contribution >= 4 is 6.09 Å². The van der Waals surface area contributed by atoms with Crippen molar-refractivity contribution in [1.82, 2.24) is 5.32 Å². The Labute approximate surface area is 233 Å². The highest BCUT2D eigenvalue weighted by atomic mass is 19.4. The molecule has 10 heteroatoms. The predicted octanol–water partition coefficient (Wildman–Crippen LogP) is 7.14. The van der Waals surface area contributed by atoms with E-state index < -0.39 is 34.8 Å². The molecule has 0 aromatic heterocycles. The zero-order valence-electron chi connectivity index (χ0n) is 24.0. The number of benzene rings is 2. The Morgan fingerprint density at radius 2 is 1.62 bits per heavy atom. The molecule has 0 unspecified atom stereocenters. The number of nitrogens with one attached hydrogen (secondary N) is 1. The maximum atomic E-state index is 13.9. The van der Waals surface area contributed by atoms with E-state index in [-0.39, 0.29) is 44.2 Å². The monoisotopic (exact) mass is 569 g/mol. The quantitative estimate of drug-likeness (QED) is 0.257. The van der Waals surface area contributed by atoms with Gasteiger partial charge in [0.25, 0.3) is 0 Å². The highest BCUT2D eigenvalue weighted by Crippen LogP contribution is 2.38. The topological polar surface area (TPSA) is 66.0 Å². The Balaban J connectivity index is 1.68. The second-order valence-corrected chi connectivity index (χ2v) is 11.7. The number of carbonyl (C=O) groups excluding carboxylic acids is 1. The smallest absolute Gasteiger partial charge is 0.419 e. The number of halogens is 4. The second kappa shape index (κ2) is 12.3. The first-order valence-corrected chi connectivity index (χ1v) is 13.3. The van der Waals surface area contributed by atoms with Crippen LogP contribution in [0.25, 0.3) is 0 Å². The molecule has 1 fully saturated rings. The largest absolute Gasteiger partial charge is 0.493 e. The van der Waals surface area contributed by atoms with E-state index in [1.54, 1.807) is 59.7 Å². The van der Waals surface area contributed by atoms with Gasteiger partial charge in [-0.25, -0.2) is 9.18 Å². The van der Waals surface area contributed by atoms with Gasteiger partial charge >= 0.3 is 12.3 Å². The van der Waals surface area contributed by atoms with Crippen LogP contribution >= 0.6 is 0 Å². The molecule has 1 aliphatic rings. The van der Waals surface area contributed by atoms with Crippen LogP contribution in [0.1, 0.15) is 69.7 Å². The van der Waals surface area contributed by atoms with Crippen LogP contribution in [0.4, 0.5) is 22.4 Å². The van der Waals surface area contributed by atoms with Crippen LogP contribution in [0, 0.1) is 12.7 Å². The van der Waals surface area contributed by atoms with Gasteiger partial charge in [0.05, 0.1) is 30.9 Å².